The van der Waals surface area contributed by atoms with Gasteiger partial charge in [0.25, 0.3) is 0 Å². The lowest BCUT2D eigenvalue weighted by Gasteiger charge is -2.16. The fraction of sp³-hybridized carbons (Fsp3) is 0.0156. The summed E-state index contributed by atoms with van der Waals surface area (Å²) in [5.74, 6) is 2.08. The van der Waals surface area contributed by atoms with Crippen molar-refractivity contribution in [2.75, 3.05) is 0 Å². The van der Waals surface area contributed by atoms with Crippen molar-refractivity contribution in [1.29, 1.82) is 0 Å². The van der Waals surface area contributed by atoms with Gasteiger partial charge < -0.3 is 0 Å². The molecule has 1 aliphatic rings. The van der Waals surface area contributed by atoms with E-state index in [-0.39, 0.29) is 5.92 Å². The Morgan fingerprint density at radius 3 is 1.43 bits per heavy atom. The molecular weight excluding hydrogens is 843 g/mol. The van der Waals surface area contributed by atoms with Crippen LogP contribution in [-0.4, -0.2) is 15.0 Å². The normalized spacial score (nSPS) is 12.9. The van der Waals surface area contributed by atoms with Gasteiger partial charge in [-0.25, -0.2) is 15.0 Å². The lowest BCUT2D eigenvalue weighted by atomic mass is 9.89. The van der Waals surface area contributed by atoms with E-state index in [1.54, 1.807) is 0 Å². The van der Waals surface area contributed by atoms with Crippen LogP contribution in [0.5, 0.6) is 0 Å². The third kappa shape index (κ3) is 7.02. The largest absolute Gasteiger partial charge is 0.208 e. The van der Waals surface area contributed by atoms with Gasteiger partial charge in [0, 0.05) is 42.8 Å². The first kappa shape index (κ1) is 39.8. The molecule has 1 unspecified atom stereocenters. The molecule has 2 heterocycles. The van der Waals surface area contributed by atoms with E-state index in [0.29, 0.717) is 17.5 Å². The van der Waals surface area contributed by atoms with E-state index in [1.165, 1.54) is 59.1 Å². The van der Waals surface area contributed by atoms with Crippen LogP contribution in [-0.2, 0) is 0 Å². The zero-order chi connectivity index (χ0) is 45.0. The predicted octanol–water partition coefficient (Wildman–Crippen LogP) is 17.1. The molecule has 3 nitrogen and oxygen atoms in total. The van der Waals surface area contributed by atoms with Crippen LogP contribution in [0.4, 0.5) is 0 Å². The summed E-state index contributed by atoms with van der Waals surface area (Å²) in [4.78, 5) is 15.7. The summed E-state index contributed by atoms with van der Waals surface area (Å²) in [6.07, 6.45) is 0. The molecule has 10 aromatic carbocycles. The molecule has 0 spiro atoms. The third-order valence-electron chi connectivity index (χ3n) is 13.4. The minimum Gasteiger partial charge on any atom is -0.208 e. The van der Waals surface area contributed by atoms with Crippen molar-refractivity contribution in [1.82, 2.24) is 15.0 Å². The fourth-order valence-electron chi connectivity index (χ4n) is 10.2. The summed E-state index contributed by atoms with van der Waals surface area (Å²) in [6.45, 7) is 0. The van der Waals surface area contributed by atoms with Crippen molar-refractivity contribution < 1.29 is 0 Å². The van der Waals surface area contributed by atoms with Crippen LogP contribution in [0.3, 0.4) is 0 Å². The molecule has 4 heteroatoms. The maximum Gasteiger partial charge on any atom is 0.164 e. The first-order valence-electron chi connectivity index (χ1n) is 23.1. The molecule has 13 rings (SSSR count). The molecule has 1 aliphatic carbocycles. The van der Waals surface area contributed by atoms with Gasteiger partial charge >= 0.3 is 0 Å². The second-order valence-corrected chi connectivity index (χ2v) is 18.6. The molecule has 1 atom stereocenters. The summed E-state index contributed by atoms with van der Waals surface area (Å²) < 4.78 is 2.54. The molecular formula is C64H41N3S. The Bertz CT molecular complexity index is 3710. The van der Waals surface area contributed by atoms with Crippen LogP contribution in [0, 0.1) is 0 Å². The van der Waals surface area contributed by atoms with Gasteiger partial charge in [-0.1, -0.05) is 206 Å². The second kappa shape index (κ2) is 16.7. The standard InChI is InChI=1S/C64H41N3S/c1-6-18-41(19-7-1)48-36-49(42-20-8-2-9-21-42)38-50(37-48)46-30-32-51(56(39-46)64-66-62(44-24-12-4-13-25-44)65-63(67-64)45-26-14-5-15-27-45)47-31-33-54-58(40-47)68-57-35-34-55-59(43-22-10-3-11-23-43)52-28-16-17-29-53(52)60(55)61(54)57/h1-40,59H. The maximum absolute atomic E-state index is 5.32. The topological polar surface area (TPSA) is 38.7 Å². The van der Waals surface area contributed by atoms with Crippen LogP contribution in [0.2, 0.25) is 0 Å². The Balaban J connectivity index is 1.03. The number of fused-ring (bicyclic) bond motifs is 7. The number of hydrogen-bond donors (Lipinski definition) is 0. The summed E-state index contributed by atoms with van der Waals surface area (Å²) >= 11 is 1.87. The minimum atomic E-state index is 0.196. The number of aromatic nitrogens is 3. The molecule has 0 N–H and O–H groups in total. The highest BCUT2D eigenvalue weighted by molar-refractivity contribution is 7.26. The smallest absolute Gasteiger partial charge is 0.164 e. The summed E-state index contributed by atoms with van der Waals surface area (Å²) in [6, 6.07) is 87.1. The highest BCUT2D eigenvalue weighted by Gasteiger charge is 2.32. The van der Waals surface area contributed by atoms with Crippen molar-refractivity contribution in [3.63, 3.8) is 0 Å². The monoisotopic (exact) mass is 883 g/mol. The molecule has 2 aromatic heterocycles. The minimum absolute atomic E-state index is 0.196. The zero-order valence-corrected chi connectivity index (χ0v) is 37.7. The Kier molecular flexibility index (Phi) is 9.76. The number of rotatable bonds is 8. The molecule has 0 aliphatic heterocycles. The van der Waals surface area contributed by atoms with Crippen molar-refractivity contribution in [2.45, 2.75) is 5.92 Å². The van der Waals surface area contributed by atoms with Crippen molar-refractivity contribution >= 4 is 31.5 Å². The zero-order valence-electron chi connectivity index (χ0n) is 36.9. The fourth-order valence-corrected chi connectivity index (χ4v) is 11.4. The Morgan fingerprint density at radius 2 is 0.809 bits per heavy atom. The van der Waals surface area contributed by atoms with Crippen LogP contribution in [0.15, 0.2) is 243 Å². The van der Waals surface area contributed by atoms with Crippen LogP contribution < -0.4 is 0 Å². The molecule has 0 radical (unpaired) electrons. The van der Waals surface area contributed by atoms with Crippen molar-refractivity contribution in [3.05, 3.63) is 259 Å². The van der Waals surface area contributed by atoms with E-state index < -0.39 is 0 Å². The summed E-state index contributed by atoms with van der Waals surface area (Å²) in [7, 11) is 0. The average molecular weight is 884 g/mol. The molecule has 0 saturated carbocycles. The maximum atomic E-state index is 5.32. The average Bonchev–Trinajstić information content (AvgIpc) is 3.97. The van der Waals surface area contributed by atoms with Gasteiger partial charge in [-0.3, -0.25) is 0 Å². The van der Waals surface area contributed by atoms with Gasteiger partial charge in [0.15, 0.2) is 17.5 Å². The van der Waals surface area contributed by atoms with Gasteiger partial charge in [0.1, 0.15) is 0 Å². The van der Waals surface area contributed by atoms with Gasteiger partial charge in [0.05, 0.1) is 0 Å². The van der Waals surface area contributed by atoms with Crippen LogP contribution >= 0.6 is 11.3 Å². The van der Waals surface area contributed by atoms with E-state index in [9.17, 15) is 0 Å². The van der Waals surface area contributed by atoms with Gasteiger partial charge in [-0.2, -0.15) is 0 Å². The summed E-state index contributed by atoms with van der Waals surface area (Å²) in [5.41, 5.74) is 18.6. The molecule has 0 amide bonds. The molecule has 318 valence electrons. The first-order valence-corrected chi connectivity index (χ1v) is 23.9. The quantitative estimate of drug-likeness (QED) is 0.153. The molecule has 0 bridgehead atoms. The Morgan fingerprint density at radius 1 is 0.294 bits per heavy atom. The number of hydrogen-bond acceptors (Lipinski definition) is 4. The SMILES string of the molecule is c1ccc(-c2cc(-c3ccccc3)cc(-c3ccc(-c4ccc5c(c4)sc4ccc6c(c45)-c4ccccc4C6c4ccccc4)c(-c4nc(-c5ccccc5)nc(-c5ccccc5)n4)c3)c2)cc1. The predicted molar refractivity (Wildman–Crippen MR) is 284 cm³/mol. The highest BCUT2D eigenvalue weighted by atomic mass is 32.1. The van der Waals surface area contributed by atoms with Gasteiger partial charge in [-0.05, 0) is 109 Å². The molecule has 0 fully saturated rings. The number of thiophene rings is 1. The van der Waals surface area contributed by atoms with E-state index in [4.69, 9.17) is 15.0 Å². The van der Waals surface area contributed by atoms with Crippen LogP contribution in [0.1, 0.15) is 22.6 Å². The van der Waals surface area contributed by atoms with Gasteiger partial charge in [0.2, 0.25) is 0 Å². The number of benzene rings is 10. The van der Waals surface area contributed by atoms with Gasteiger partial charge in [-0.15, -0.1) is 11.3 Å². The first-order chi connectivity index (χ1) is 33.7. The lowest BCUT2D eigenvalue weighted by Crippen LogP contribution is -2.01. The lowest BCUT2D eigenvalue weighted by molar-refractivity contribution is 1.02. The van der Waals surface area contributed by atoms with E-state index >= 15 is 0 Å². The van der Waals surface area contributed by atoms with E-state index in [0.717, 1.165) is 50.1 Å². The second-order valence-electron chi connectivity index (χ2n) is 17.5. The van der Waals surface area contributed by atoms with E-state index in [2.05, 4.69) is 206 Å². The Hall–Kier alpha value is -8.57. The molecule has 0 saturated heterocycles. The highest BCUT2D eigenvalue weighted by Crippen LogP contribution is 2.53. The van der Waals surface area contributed by atoms with E-state index in [1.807, 2.05) is 47.7 Å². The van der Waals surface area contributed by atoms with Crippen molar-refractivity contribution in [3.8, 4) is 89.8 Å². The summed E-state index contributed by atoms with van der Waals surface area (Å²) in [5, 5.41) is 2.61. The molecule has 12 aromatic rings. The molecule has 68 heavy (non-hydrogen) atoms. The number of nitrogens with zero attached hydrogens (tertiary/aromatic N) is 3. The third-order valence-corrected chi connectivity index (χ3v) is 14.5. The van der Waals surface area contributed by atoms with Crippen LogP contribution in [0.25, 0.3) is 110 Å². The Labute approximate surface area is 399 Å². The van der Waals surface area contributed by atoms with Crippen molar-refractivity contribution in [2.24, 2.45) is 0 Å².